The van der Waals surface area contributed by atoms with E-state index < -0.39 is 0 Å². The Morgan fingerprint density at radius 1 is 1.35 bits per heavy atom. The van der Waals surface area contributed by atoms with Crippen molar-refractivity contribution in [2.75, 3.05) is 13.3 Å². The molecular formula is C14H19NO2. The Bertz CT molecular complexity index is 409. The summed E-state index contributed by atoms with van der Waals surface area (Å²) in [5.74, 6) is 0.136. The van der Waals surface area contributed by atoms with Crippen molar-refractivity contribution < 1.29 is 9.53 Å². The van der Waals surface area contributed by atoms with Crippen molar-refractivity contribution in [1.82, 2.24) is 4.90 Å². The zero-order valence-corrected chi connectivity index (χ0v) is 10.7. The lowest BCUT2D eigenvalue weighted by atomic mass is 10.0. The molecule has 1 aliphatic rings. The van der Waals surface area contributed by atoms with Crippen LogP contribution in [0, 0.1) is 6.92 Å². The van der Waals surface area contributed by atoms with E-state index in [1.54, 1.807) is 0 Å². The molecule has 1 fully saturated rings. The molecule has 17 heavy (non-hydrogen) atoms. The van der Waals surface area contributed by atoms with Gasteiger partial charge in [-0.05, 0) is 26.3 Å². The summed E-state index contributed by atoms with van der Waals surface area (Å²) in [6.07, 6.45) is 0.451. The van der Waals surface area contributed by atoms with Crippen molar-refractivity contribution in [3.05, 3.63) is 35.4 Å². The highest BCUT2D eigenvalue weighted by Gasteiger charge is 2.36. The second-order valence-corrected chi connectivity index (χ2v) is 5.27. The lowest BCUT2D eigenvalue weighted by Crippen LogP contribution is -2.44. The Hall–Kier alpha value is -1.35. The number of carbonyl (C=O) groups excluding carboxylic acids is 1. The summed E-state index contributed by atoms with van der Waals surface area (Å²) in [5, 5.41) is 0. The predicted molar refractivity (Wildman–Crippen MR) is 66.6 cm³/mol. The monoisotopic (exact) mass is 233 g/mol. The first kappa shape index (κ1) is 12.1. The number of hydrogen-bond donors (Lipinski definition) is 0. The van der Waals surface area contributed by atoms with E-state index in [-0.39, 0.29) is 11.4 Å². The Labute approximate surface area is 102 Å². The van der Waals surface area contributed by atoms with E-state index in [1.165, 1.54) is 5.56 Å². The zero-order chi connectivity index (χ0) is 12.5. The molecule has 0 bridgehead atoms. The van der Waals surface area contributed by atoms with Gasteiger partial charge < -0.3 is 9.64 Å². The standard InChI is InChI=1S/C14H19NO2/c1-11-4-6-12(7-5-11)8-13(16)15-10-17-9-14(15,2)3/h4-7H,8-10H2,1-3H3. The molecule has 1 amide bonds. The van der Waals surface area contributed by atoms with Gasteiger partial charge in [-0.3, -0.25) is 4.79 Å². The first-order chi connectivity index (χ1) is 7.99. The molecule has 0 aliphatic carbocycles. The molecule has 0 atom stereocenters. The quantitative estimate of drug-likeness (QED) is 0.783. The van der Waals surface area contributed by atoms with Gasteiger partial charge in [-0.1, -0.05) is 29.8 Å². The van der Waals surface area contributed by atoms with Crippen LogP contribution in [0.5, 0.6) is 0 Å². The number of amides is 1. The summed E-state index contributed by atoms with van der Waals surface area (Å²) in [6.45, 7) is 7.15. The first-order valence-electron chi connectivity index (χ1n) is 5.93. The summed E-state index contributed by atoms with van der Waals surface area (Å²) < 4.78 is 5.36. The van der Waals surface area contributed by atoms with Crippen LogP contribution in [-0.4, -0.2) is 29.7 Å². The molecule has 0 N–H and O–H groups in total. The Morgan fingerprint density at radius 3 is 2.53 bits per heavy atom. The third kappa shape index (κ3) is 2.67. The maximum absolute atomic E-state index is 12.2. The number of ether oxygens (including phenoxy) is 1. The summed E-state index contributed by atoms with van der Waals surface area (Å²) in [5.41, 5.74) is 2.09. The summed E-state index contributed by atoms with van der Waals surface area (Å²) >= 11 is 0. The number of nitrogens with zero attached hydrogens (tertiary/aromatic N) is 1. The van der Waals surface area contributed by atoms with E-state index in [9.17, 15) is 4.79 Å². The van der Waals surface area contributed by atoms with Crippen LogP contribution < -0.4 is 0 Å². The molecule has 0 saturated carbocycles. The van der Waals surface area contributed by atoms with Gasteiger partial charge in [-0.15, -0.1) is 0 Å². The molecule has 0 aromatic heterocycles. The van der Waals surface area contributed by atoms with Crippen LogP contribution in [0.25, 0.3) is 0 Å². The van der Waals surface area contributed by atoms with Gasteiger partial charge in [-0.25, -0.2) is 0 Å². The Balaban J connectivity index is 2.04. The second-order valence-electron chi connectivity index (χ2n) is 5.27. The SMILES string of the molecule is Cc1ccc(CC(=O)N2COCC2(C)C)cc1. The van der Waals surface area contributed by atoms with Crippen molar-refractivity contribution in [3.63, 3.8) is 0 Å². The molecule has 3 nitrogen and oxygen atoms in total. The minimum absolute atomic E-state index is 0.136. The number of benzene rings is 1. The molecule has 3 heteroatoms. The Kier molecular flexibility index (Phi) is 3.20. The minimum atomic E-state index is -0.179. The van der Waals surface area contributed by atoms with Crippen molar-refractivity contribution >= 4 is 5.91 Å². The van der Waals surface area contributed by atoms with Gasteiger partial charge in [0.25, 0.3) is 0 Å². The Morgan fingerprint density at radius 2 is 2.00 bits per heavy atom. The summed E-state index contributed by atoms with van der Waals surface area (Å²) in [4.78, 5) is 14.0. The molecule has 1 saturated heterocycles. The van der Waals surface area contributed by atoms with Crippen LogP contribution in [0.15, 0.2) is 24.3 Å². The average Bonchev–Trinajstić information content (AvgIpc) is 2.61. The van der Waals surface area contributed by atoms with E-state index in [2.05, 4.69) is 0 Å². The largest absolute Gasteiger partial charge is 0.359 e. The number of aryl methyl sites for hydroxylation is 1. The fourth-order valence-corrected chi connectivity index (χ4v) is 2.02. The molecule has 1 aromatic carbocycles. The van der Waals surface area contributed by atoms with E-state index in [0.29, 0.717) is 19.8 Å². The van der Waals surface area contributed by atoms with Crippen molar-refractivity contribution in [2.24, 2.45) is 0 Å². The number of carbonyl (C=O) groups is 1. The highest BCUT2D eigenvalue weighted by atomic mass is 16.5. The first-order valence-corrected chi connectivity index (χ1v) is 5.93. The van der Waals surface area contributed by atoms with Crippen LogP contribution in [0.1, 0.15) is 25.0 Å². The lowest BCUT2D eigenvalue weighted by Gasteiger charge is -2.29. The van der Waals surface area contributed by atoms with Gasteiger partial charge in [0.2, 0.25) is 5.91 Å². The van der Waals surface area contributed by atoms with Gasteiger partial charge in [0.1, 0.15) is 6.73 Å². The maximum atomic E-state index is 12.2. The topological polar surface area (TPSA) is 29.5 Å². The molecule has 1 aliphatic heterocycles. The molecule has 1 aromatic rings. The minimum Gasteiger partial charge on any atom is -0.359 e. The van der Waals surface area contributed by atoms with Crippen LogP contribution >= 0.6 is 0 Å². The molecule has 0 radical (unpaired) electrons. The molecule has 0 unspecified atom stereocenters. The second kappa shape index (κ2) is 4.49. The lowest BCUT2D eigenvalue weighted by molar-refractivity contribution is -0.134. The normalized spacial score (nSPS) is 18.4. The number of rotatable bonds is 2. The maximum Gasteiger partial charge on any atom is 0.229 e. The average molecular weight is 233 g/mol. The highest BCUT2D eigenvalue weighted by Crippen LogP contribution is 2.22. The van der Waals surface area contributed by atoms with Crippen molar-refractivity contribution in [1.29, 1.82) is 0 Å². The highest BCUT2D eigenvalue weighted by molar-refractivity contribution is 5.79. The third-order valence-corrected chi connectivity index (χ3v) is 3.18. The van der Waals surface area contributed by atoms with Crippen LogP contribution in [-0.2, 0) is 16.0 Å². The van der Waals surface area contributed by atoms with Gasteiger partial charge >= 0.3 is 0 Å². The van der Waals surface area contributed by atoms with E-state index in [4.69, 9.17) is 4.74 Å². The zero-order valence-electron chi connectivity index (χ0n) is 10.7. The molecular weight excluding hydrogens is 214 g/mol. The predicted octanol–water partition coefficient (Wildman–Crippen LogP) is 2.13. The van der Waals surface area contributed by atoms with Crippen molar-refractivity contribution in [2.45, 2.75) is 32.7 Å². The van der Waals surface area contributed by atoms with Gasteiger partial charge in [0, 0.05) is 0 Å². The van der Waals surface area contributed by atoms with Crippen LogP contribution in [0.4, 0.5) is 0 Å². The van der Waals surface area contributed by atoms with Crippen LogP contribution in [0.3, 0.4) is 0 Å². The smallest absolute Gasteiger partial charge is 0.229 e. The summed E-state index contributed by atoms with van der Waals surface area (Å²) in [6, 6.07) is 8.09. The fourth-order valence-electron chi connectivity index (χ4n) is 2.02. The van der Waals surface area contributed by atoms with Crippen molar-refractivity contribution in [3.8, 4) is 0 Å². The molecule has 2 rings (SSSR count). The van der Waals surface area contributed by atoms with Gasteiger partial charge in [0.05, 0.1) is 18.6 Å². The fraction of sp³-hybridized carbons (Fsp3) is 0.500. The molecule has 0 spiro atoms. The van der Waals surface area contributed by atoms with E-state index in [1.807, 2.05) is 49.9 Å². The third-order valence-electron chi connectivity index (χ3n) is 3.18. The molecule has 1 heterocycles. The van der Waals surface area contributed by atoms with Gasteiger partial charge in [-0.2, -0.15) is 0 Å². The van der Waals surface area contributed by atoms with E-state index in [0.717, 1.165) is 5.56 Å². The van der Waals surface area contributed by atoms with E-state index >= 15 is 0 Å². The van der Waals surface area contributed by atoms with Crippen LogP contribution in [0.2, 0.25) is 0 Å². The summed E-state index contributed by atoms with van der Waals surface area (Å²) in [7, 11) is 0. The number of hydrogen-bond acceptors (Lipinski definition) is 2. The molecule has 92 valence electrons. The van der Waals surface area contributed by atoms with Gasteiger partial charge in [0.15, 0.2) is 0 Å².